The summed E-state index contributed by atoms with van der Waals surface area (Å²) in [4.78, 5) is 2.37. The van der Waals surface area contributed by atoms with Gasteiger partial charge in [-0.25, -0.2) is 0 Å². The molecule has 1 aromatic rings. The van der Waals surface area contributed by atoms with Crippen molar-refractivity contribution in [3.05, 3.63) is 33.8 Å². The smallest absolute Gasteiger partial charge is 0.0952 e. The lowest BCUT2D eigenvalue weighted by atomic mass is 10.1. The van der Waals surface area contributed by atoms with E-state index in [-0.39, 0.29) is 6.10 Å². The maximum Gasteiger partial charge on any atom is 0.0952 e. The van der Waals surface area contributed by atoms with Gasteiger partial charge in [0.25, 0.3) is 0 Å². The van der Waals surface area contributed by atoms with Crippen LogP contribution in [0.5, 0.6) is 0 Å². The van der Waals surface area contributed by atoms with Crippen LogP contribution in [0.1, 0.15) is 25.0 Å². The molecule has 0 aliphatic carbocycles. The zero-order chi connectivity index (χ0) is 14.4. The fourth-order valence-corrected chi connectivity index (χ4v) is 2.57. The van der Waals surface area contributed by atoms with E-state index in [1.165, 1.54) is 0 Å². The van der Waals surface area contributed by atoms with Crippen molar-refractivity contribution in [3.63, 3.8) is 0 Å². The fourth-order valence-electron chi connectivity index (χ4n) is 2.26. The second-order valence-electron chi connectivity index (χ2n) is 4.95. The fraction of sp³-hybridized carbons (Fsp3) is 0.600. The van der Waals surface area contributed by atoms with Gasteiger partial charge in [-0.3, -0.25) is 4.90 Å². The number of hydrogen-bond acceptors (Lipinski definition) is 3. The number of hydrogen-bond donors (Lipinski definition) is 0. The van der Waals surface area contributed by atoms with Crippen LogP contribution >= 0.6 is 23.2 Å². The molecule has 112 valence electrons. The molecule has 1 aliphatic heterocycles. The minimum Gasteiger partial charge on any atom is -0.380 e. The van der Waals surface area contributed by atoms with Gasteiger partial charge in [-0.05, 0) is 24.1 Å². The highest BCUT2D eigenvalue weighted by Crippen LogP contribution is 2.28. The highest BCUT2D eigenvalue weighted by atomic mass is 35.5. The Hall–Kier alpha value is -0.320. The Morgan fingerprint density at radius 3 is 2.90 bits per heavy atom. The molecule has 0 amide bonds. The van der Waals surface area contributed by atoms with Gasteiger partial charge in [0, 0.05) is 26.2 Å². The Morgan fingerprint density at radius 1 is 1.30 bits per heavy atom. The summed E-state index contributed by atoms with van der Waals surface area (Å²) in [7, 11) is 0. The van der Waals surface area contributed by atoms with E-state index in [9.17, 15) is 0 Å². The van der Waals surface area contributed by atoms with Crippen LogP contribution in [0, 0.1) is 0 Å². The van der Waals surface area contributed by atoms with Gasteiger partial charge in [-0.15, -0.1) is 0 Å². The third kappa shape index (κ3) is 4.61. The SMILES string of the molecule is CCCOCCN1CCOC(c2ccc(Cl)c(Cl)c2)C1. The highest BCUT2D eigenvalue weighted by molar-refractivity contribution is 6.42. The number of halogens is 2. The molecule has 3 nitrogen and oxygen atoms in total. The summed E-state index contributed by atoms with van der Waals surface area (Å²) in [6.07, 6.45) is 1.12. The molecule has 1 aliphatic rings. The molecule has 0 bridgehead atoms. The monoisotopic (exact) mass is 317 g/mol. The normalized spacial score (nSPS) is 20.2. The Labute approximate surface area is 130 Å². The van der Waals surface area contributed by atoms with Crippen LogP contribution < -0.4 is 0 Å². The zero-order valence-electron chi connectivity index (χ0n) is 11.8. The molecular formula is C15H21Cl2NO2. The first-order valence-electron chi connectivity index (χ1n) is 7.07. The maximum atomic E-state index is 6.07. The standard InChI is InChI=1S/C15H21Cl2NO2/c1-2-7-19-8-5-18-6-9-20-15(11-18)12-3-4-13(16)14(17)10-12/h3-4,10,15H,2,5-9,11H2,1H3. The van der Waals surface area contributed by atoms with Crippen LogP contribution in [0.2, 0.25) is 10.0 Å². The van der Waals surface area contributed by atoms with Crippen LogP contribution in [0.3, 0.4) is 0 Å². The average Bonchev–Trinajstić information content (AvgIpc) is 2.47. The van der Waals surface area contributed by atoms with Crippen LogP contribution in [0.15, 0.2) is 18.2 Å². The Bertz CT molecular complexity index is 428. The number of rotatable bonds is 6. The van der Waals surface area contributed by atoms with Crippen molar-refractivity contribution in [2.45, 2.75) is 19.4 Å². The topological polar surface area (TPSA) is 21.7 Å². The van der Waals surface area contributed by atoms with E-state index in [0.717, 1.165) is 51.4 Å². The molecule has 1 atom stereocenters. The van der Waals surface area contributed by atoms with E-state index < -0.39 is 0 Å². The summed E-state index contributed by atoms with van der Waals surface area (Å²) in [5, 5.41) is 1.16. The molecule has 0 N–H and O–H groups in total. The summed E-state index contributed by atoms with van der Waals surface area (Å²) in [6, 6.07) is 5.70. The van der Waals surface area contributed by atoms with Crippen molar-refractivity contribution < 1.29 is 9.47 Å². The minimum atomic E-state index is 0.0599. The van der Waals surface area contributed by atoms with Crippen molar-refractivity contribution in [2.24, 2.45) is 0 Å². The molecule has 1 aromatic carbocycles. The first-order valence-corrected chi connectivity index (χ1v) is 7.83. The van der Waals surface area contributed by atoms with Crippen molar-refractivity contribution in [1.29, 1.82) is 0 Å². The Kier molecular flexibility index (Phi) is 6.59. The van der Waals surface area contributed by atoms with E-state index in [4.69, 9.17) is 32.7 Å². The molecule has 0 spiro atoms. The molecule has 20 heavy (non-hydrogen) atoms. The van der Waals surface area contributed by atoms with Gasteiger partial charge in [0.2, 0.25) is 0 Å². The van der Waals surface area contributed by atoms with Crippen LogP contribution in [0.25, 0.3) is 0 Å². The second kappa shape index (κ2) is 8.20. The van der Waals surface area contributed by atoms with E-state index in [0.29, 0.717) is 10.0 Å². The molecule has 1 unspecified atom stereocenters. The largest absolute Gasteiger partial charge is 0.380 e. The molecule has 1 fully saturated rings. The van der Waals surface area contributed by atoms with Gasteiger partial charge in [0.15, 0.2) is 0 Å². The van der Waals surface area contributed by atoms with Gasteiger partial charge in [0.1, 0.15) is 0 Å². The first-order chi connectivity index (χ1) is 9.70. The lowest BCUT2D eigenvalue weighted by Crippen LogP contribution is -2.40. The van der Waals surface area contributed by atoms with Crippen molar-refractivity contribution >= 4 is 23.2 Å². The van der Waals surface area contributed by atoms with E-state index in [1.54, 1.807) is 0 Å². The van der Waals surface area contributed by atoms with Crippen molar-refractivity contribution in [2.75, 3.05) is 39.5 Å². The minimum absolute atomic E-state index is 0.0599. The Morgan fingerprint density at radius 2 is 2.15 bits per heavy atom. The quantitative estimate of drug-likeness (QED) is 0.745. The summed E-state index contributed by atoms with van der Waals surface area (Å²) in [5.41, 5.74) is 1.08. The predicted molar refractivity (Wildman–Crippen MR) is 82.7 cm³/mol. The molecule has 2 rings (SSSR count). The summed E-state index contributed by atoms with van der Waals surface area (Å²) in [6.45, 7) is 7.23. The third-order valence-corrected chi connectivity index (χ3v) is 4.11. The van der Waals surface area contributed by atoms with Crippen LogP contribution in [0.4, 0.5) is 0 Å². The lowest BCUT2D eigenvalue weighted by molar-refractivity contribution is -0.0377. The zero-order valence-corrected chi connectivity index (χ0v) is 13.3. The average molecular weight is 318 g/mol. The maximum absolute atomic E-state index is 6.07. The molecule has 0 radical (unpaired) electrons. The van der Waals surface area contributed by atoms with Crippen LogP contribution in [-0.2, 0) is 9.47 Å². The van der Waals surface area contributed by atoms with Gasteiger partial charge < -0.3 is 9.47 Å². The second-order valence-corrected chi connectivity index (χ2v) is 5.76. The summed E-state index contributed by atoms with van der Waals surface area (Å²) < 4.78 is 11.4. The number of ether oxygens (including phenoxy) is 2. The molecule has 1 heterocycles. The van der Waals surface area contributed by atoms with Gasteiger partial charge in [-0.1, -0.05) is 36.2 Å². The van der Waals surface area contributed by atoms with Crippen molar-refractivity contribution in [3.8, 4) is 0 Å². The van der Waals surface area contributed by atoms with Gasteiger partial charge in [0.05, 0.1) is 29.4 Å². The number of benzene rings is 1. The lowest BCUT2D eigenvalue weighted by Gasteiger charge is -2.33. The third-order valence-electron chi connectivity index (χ3n) is 3.37. The first kappa shape index (κ1) is 16.1. The Balaban J connectivity index is 1.87. The molecule has 0 aromatic heterocycles. The molecule has 0 saturated carbocycles. The van der Waals surface area contributed by atoms with Crippen molar-refractivity contribution in [1.82, 2.24) is 4.90 Å². The molecular weight excluding hydrogens is 297 g/mol. The van der Waals surface area contributed by atoms with E-state index in [2.05, 4.69) is 11.8 Å². The van der Waals surface area contributed by atoms with E-state index in [1.807, 2.05) is 18.2 Å². The summed E-state index contributed by atoms with van der Waals surface area (Å²) in [5.74, 6) is 0. The highest BCUT2D eigenvalue weighted by Gasteiger charge is 2.22. The summed E-state index contributed by atoms with van der Waals surface area (Å²) >= 11 is 12.0. The van der Waals surface area contributed by atoms with E-state index >= 15 is 0 Å². The van der Waals surface area contributed by atoms with Gasteiger partial charge in [-0.2, -0.15) is 0 Å². The predicted octanol–water partition coefficient (Wildman–Crippen LogP) is 3.79. The van der Waals surface area contributed by atoms with Gasteiger partial charge >= 0.3 is 0 Å². The molecule has 1 saturated heterocycles. The van der Waals surface area contributed by atoms with Crippen LogP contribution in [-0.4, -0.2) is 44.4 Å². The number of morpholine rings is 1. The molecule has 5 heteroatoms. The number of nitrogens with zero attached hydrogens (tertiary/aromatic N) is 1.